The molecule has 9 nitrogen and oxygen atoms in total. The van der Waals surface area contributed by atoms with E-state index in [1.807, 2.05) is 55.6 Å². The smallest absolute Gasteiger partial charge is 0.119 e. The second-order valence-electron chi connectivity index (χ2n) is 26.5. The molecule has 4 aromatic carbocycles. The van der Waals surface area contributed by atoms with Gasteiger partial charge in [0.15, 0.2) is 0 Å². The van der Waals surface area contributed by atoms with E-state index in [4.69, 9.17) is 9.98 Å². The van der Waals surface area contributed by atoms with Gasteiger partial charge >= 0.3 is 0 Å². The zero-order chi connectivity index (χ0) is 62.1. The van der Waals surface area contributed by atoms with Gasteiger partial charge in [-0.25, -0.2) is 0 Å². The van der Waals surface area contributed by atoms with Crippen LogP contribution in [0.1, 0.15) is 196 Å². The highest BCUT2D eigenvalue weighted by atomic mass is 79.9. The molecular weight excluding hydrogens is 1200 g/mol. The Labute approximate surface area is 533 Å². The van der Waals surface area contributed by atoms with Crippen molar-refractivity contribution in [3.63, 3.8) is 0 Å². The minimum atomic E-state index is -0.685. The molecule has 11 heteroatoms. The summed E-state index contributed by atoms with van der Waals surface area (Å²) in [5.41, 5.74) is 28.2. The molecule has 10 aromatic rings. The molecule has 0 bridgehead atoms. The quantitative estimate of drug-likeness (QED) is 0.0540. The van der Waals surface area contributed by atoms with Crippen LogP contribution in [0.5, 0.6) is 0 Å². The van der Waals surface area contributed by atoms with Gasteiger partial charge in [0, 0.05) is 81.7 Å². The van der Waals surface area contributed by atoms with Crippen molar-refractivity contribution < 1.29 is 5.11 Å². The molecule has 0 radical (unpaired) electrons. The monoisotopic (exact) mass is 1290 g/mol. The summed E-state index contributed by atoms with van der Waals surface area (Å²) in [6, 6.07) is 52.6. The zero-order valence-electron chi connectivity index (χ0n) is 53.3. The second kappa shape index (κ2) is 26.3. The molecule has 8 heterocycles. The number of aliphatic hydroxyl groups is 1. The number of aliphatic hydroxyl groups excluding tert-OH is 1. The van der Waals surface area contributed by atoms with Crippen LogP contribution in [-0.4, -0.2) is 58.5 Å². The molecule has 12 rings (SSSR count). The first kappa shape index (κ1) is 62.9. The third-order valence-electron chi connectivity index (χ3n) is 18.1. The third kappa shape index (κ3) is 14.5. The summed E-state index contributed by atoms with van der Waals surface area (Å²) >= 11 is 7.21. The fourth-order valence-electron chi connectivity index (χ4n) is 13.9. The minimum Gasteiger partial charge on any atom is -0.382 e. The Kier molecular flexibility index (Phi) is 19.0. The van der Waals surface area contributed by atoms with E-state index in [1.54, 1.807) is 0 Å². The van der Waals surface area contributed by atoms with Crippen LogP contribution in [0, 0.1) is 66.2 Å². The van der Waals surface area contributed by atoms with Crippen molar-refractivity contribution in [3.05, 3.63) is 279 Å². The van der Waals surface area contributed by atoms with E-state index < -0.39 is 6.10 Å². The van der Waals surface area contributed by atoms with Crippen LogP contribution in [-0.2, 0) is 12.8 Å². The van der Waals surface area contributed by atoms with E-state index in [9.17, 15) is 5.11 Å². The molecule has 0 fully saturated rings. The lowest BCUT2D eigenvalue weighted by Gasteiger charge is -2.25. The highest BCUT2D eigenvalue weighted by molar-refractivity contribution is 9.10. The van der Waals surface area contributed by atoms with Crippen LogP contribution in [0.2, 0.25) is 0 Å². The molecule has 6 aromatic heterocycles. The topological polar surface area (TPSA) is 140 Å². The summed E-state index contributed by atoms with van der Waals surface area (Å²) in [4.78, 5) is 31.3. The van der Waals surface area contributed by atoms with E-state index in [-0.39, 0.29) is 23.2 Å². The number of nitrogens with zero attached hydrogens (tertiary/aromatic N) is 2. The molecule has 6 atom stereocenters. The number of hydrogen-bond donors (Lipinski definition) is 7. The number of nitrogens with one attached hydrogen (secondary N) is 6. The number of H-pyrrole nitrogens is 6. The van der Waals surface area contributed by atoms with Gasteiger partial charge in [-0.05, 0) is 242 Å². The predicted molar refractivity (Wildman–Crippen MR) is 369 cm³/mol. The lowest BCUT2D eigenvalue weighted by atomic mass is 9.81. The van der Waals surface area contributed by atoms with Crippen molar-refractivity contribution in [1.82, 2.24) is 29.9 Å². The maximum absolute atomic E-state index is 10.9. The number of aliphatic imine (C=N–C) groups is 2. The molecule has 7 N–H and O–H groups in total. The average molecular weight is 1290 g/mol. The van der Waals surface area contributed by atoms with E-state index in [1.165, 1.54) is 107 Å². The van der Waals surface area contributed by atoms with E-state index >= 15 is 0 Å². The van der Waals surface area contributed by atoms with Crippen molar-refractivity contribution in [2.24, 2.45) is 20.8 Å². The maximum Gasteiger partial charge on any atom is 0.119 e. The summed E-state index contributed by atoms with van der Waals surface area (Å²) in [7, 11) is 0. The number of halogens is 2. The van der Waals surface area contributed by atoms with Gasteiger partial charge in [-0.1, -0.05) is 123 Å². The Morgan fingerprint density at radius 1 is 0.425 bits per heavy atom. The number of hydrogen-bond acceptors (Lipinski definition) is 3. The van der Waals surface area contributed by atoms with Crippen LogP contribution < -0.4 is 0 Å². The SMILES string of the molecule is CC1=NC(Cc2ccc(C(c3ccc(C)cc3)c3ccc(C(c4ccc(Br)[nH]4)c4c(C)cc(C)cc4C)[nH]3)[nH]2)C(C)(C)C1.CC1=NC(Cc2ccc[nH]2)C(C)(C)C1.Cc1ccc(C(O)c2ccc(C(c3ccc(Br)[nH]3)c3c(C)cc(C)cc3C)[nH]2)cc1. The highest BCUT2D eigenvalue weighted by Gasteiger charge is 2.37. The molecule has 0 saturated carbocycles. The molecule has 87 heavy (non-hydrogen) atoms. The molecule has 6 unspecified atom stereocenters. The second-order valence-corrected chi connectivity index (χ2v) is 28.3. The van der Waals surface area contributed by atoms with Gasteiger partial charge in [-0.3, -0.25) is 9.98 Å². The molecule has 2 aliphatic heterocycles. The van der Waals surface area contributed by atoms with Crippen molar-refractivity contribution in [2.75, 3.05) is 0 Å². The van der Waals surface area contributed by atoms with E-state index in [0.717, 1.165) is 57.5 Å². The number of aromatic nitrogens is 6. The van der Waals surface area contributed by atoms with Gasteiger partial charge in [0.05, 0.1) is 39.0 Å². The fraction of sp³-hybridized carbons (Fsp3) is 0.342. The number of rotatable bonds is 15. The van der Waals surface area contributed by atoms with E-state index in [0.29, 0.717) is 17.5 Å². The summed E-state index contributed by atoms with van der Waals surface area (Å²) < 4.78 is 1.94. The van der Waals surface area contributed by atoms with Crippen LogP contribution in [0.4, 0.5) is 0 Å². The number of benzene rings is 4. The van der Waals surface area contributed by atoms with Crippen molar-refractivity contribution in [1.29, 1.82) is 0 Å². The summed E-state index contributed by atoms with van der Waals surface area (Å²) in [5.74, 6) is 0.140. The van der Waals surface area contributed by atoms with Gasteiger partial charge in [0.2, 0.25) is 0 Å². The molecule has 2 aliphatic rings. The first-order chi connectivity index (χ1) is 41.4. The zero-order valence-corrected chi connectivity index (χ0v) is 56.5. The van der Waals surface area contributed by atoms with Crippen molar-refractivity contribution in [2.45, 2.75) is 159 Å². The lowest BCUT2D eigenvalue weighted by Crippen LogP contribution is -2.25. The number of aromatic amines is 6. The van der Waals surface area contributed by atoms with Crippen LogP contribution >= 0.6 is 31.9 Å². The highest BCUT2D eigenvalue weighted by Crippen LogP contribution is 2.42. The summed E-state index contributed by atoms with van der Waals surface area (Å²) in [5, 5.41) is 10.9. The standard InChI is InChI=1S/C38H43BrN4.C26H27BrN2O.C12H18N2/c1-22-8-10-27(11-9-22)36(29-13-12-28(41-29)20-33-38(6,7)21-26(5)40-33)30-14-15-31(42-30)37(32-16-17-34(39)43-32)35-24(3)18-23(2)19-25(35)4;1-15-5-7-19(8-6-15)26(30)22-10-9-20(28-22)25(21-11-12-23(27)29-21)24-17(3)13-16(2)14-18(24)4;1-9-8-12(2,3)11(14-9)7-10-5-4-6-13-10/h8-19,33,36-37,41-43H,20-21H2,1-7H3;5-14,25-26,28-30H,1-4H3;4-6,11,13H,7-8H2,1-3H3. The van der Waals surface area contributed by atoms with Gasteiger partial charge in [0.25, 0.3) is 0 Å². The Bertz CT molecular complexity index is 3980. The minimum absolute atomic E-state index is 0.0240. The molecule has 0 spiro atoms. The largest absolute Gasteiger partial charge is 0.382 e. The average Bonchev–Trinajstić information content (AvgIpc) is 1.96. The molecular formula is C76H88Br2N8O. The van der Waals surface area contributed by atoms with Crippen LogP contribution in [0.25, 0.3) is 0 Å². The molecule has 452 valence electrons. The van der Waals surface area contributed by atoms with E-state index in [2.05, 4.69) is 255 Å². The Morgan fingerprint density at radius 2 is 0.805 bits per heavy atom. The fourth-order valence-corrected chi connectivity index (χ4v) is 14.6. The normalized spacial score (nSPS) is 17.4. The van der Waals surface area contributed by atoms with Gasteiger partial charge < -0.3 is 35.0 Å². The summed E-state index contributed by atoms with van der Waals surface area (Å²) in [6.45, 7) is 30.9. The van der Waals surface area contributed by atoms with Crippen molar-refractivity contribution in [3.8, 4) is 0 Å². The molecule has 0 aliphatic carbocycles. The maximum atomic E-state index is 10.9. The molecule has 0 saturated heterocycles. The van der Waals surface area contributed by atoms with Crippen LogP contribution in [0.3, 0.4) is 0 Å². The van der Waals surface area contributed by atoms with Gasteiger partial charge in [0.1, 0.15) is 6.10 Å². The predicted octanol–water partition coefficient (Wildman–Crippen LogP) is 19.2. The first-order valence-corrected chi connectivity index (χ1v) is 32.4. The first-order valence-electron chi connectivity index (χ1n) is 30.8. The number of aryl methyl sites for hydroxylation is 8. The molecule has 0 amide bonds. The Hall–Kier alpha value is -7.18. The third-order valence-corrected chi connectivity index (χ3v) is 19.0. The van der Waals surface area contributed by atoms with Gasteiger partial charge in [-0.2, -0.15) is 0 Å². The summed E-state index contributed by atoms with van der Waals surface area (Å²) in [6.07, 6.45) is 5.47. The lowest BCUT2D eigenvalue weighted by molar-refractivity contribution is 0.216. The Morgan fingerprint density at radius 3 is 1.22 bits per heavy atom. The van der Waals surface area contributed by atoms with Crippen molar-refractivity contribution >= 4 is 43.3 Å². The van der Waals surface area contributed by atoms with Gasteiger partial charge in [-0.15, -0.1) is 0 Å². The Balaban J connectivity index is 0.000000164. The van der Waals surface area contributed by atoms with Crippen LogP contribution in [0.15, 0.2) is 171 Å².